The third-order valence-corrected chi connectivity index (χ3v) is 1.40. The molecule has 0 radical (unpaired) electrons. The maximum Gasteiger partial charge on any atom is 0.237 e. The van der Waals surface area contributed by atoms with E-state index in [4.69, 9.17) is 22.1 Å². The van der Waals surface area contributed by atoms with Gasteiger partial charge in [0.05, 0.1) is 16.8 Å². The van der Waals surface area contributed by atoms with Gasteiger partial charge in [-0.25, -0.2) is 4.98 Å². The van der Waals surface area contributed by atoms with Gasteiger partial charge in [0.15, 0.2) is 0 Å². The summed E-state index contributed by atoms with van der Waals surface area (Å²) in [5, 5.41) is 0.517. The number of nitrogen functional groups attached to an aromatic ring is 1. The molecule has 0 bridgehead atoms. The number of nitrogens with two attached hydrogens (primary N) is 1. The second-order valence-electron chi connectivity index (χ2n) is 2.71. The summed E-state index contributed by atoms with van der Waals surface area (Å²) in [6.07, 6.45) is 1.58. The lowest BCUT2D eigenvalue weighted by atomic mass is 10.4. The molecule has 0 aromatic carbocycles. The third-order valence-electron chi connectivity index (χ3n) is 1.19. The molecule has 0 aliphatic heterocycles. The molecule has 3 nitrogen and oxygen atoms in total. The van der Waals surface area contributed by atoms with E-state index in [0.717, 1.165) is 0 Å². The Balaban J connectivity index is 2.86. The van der Waals surface area contributed by atoms with Crippen LogP contribution >= 0.6 is 11.6 Å². The van der Waals surface area contributed by atoms with E-state index in [2.05, 4.69) is 4.98 Å². The number of rotatable bonds is 2. The Morgan fingerprint density at radius 3 is 2.75 bits per heavy atom. The fourth-order valence-corrected chi connectivity index (χ4v) is 0.930. The second-order valence-corrected chi connectivity index (χ2v) is 3.15. The molecule has 1 aromatic heterocycles. The smallest absolute Gasteiger partial charge is 0.237 e. The summed E-state index contributed by atoms with van der Waals surface area (Å²) in [6.45, 7) is 3.82. The van der Waals surface area contributed by atoms with E-state index in [-0.39, 0.29) is 6.10 Å². The van der Waals surface area contributed by atoms with Gasteiger partial charge in [-0.05, 0) is 19.9 Å². The van der Waals surface area contributed by atoms with Crippen LogP contribution in [0, 0.1) is 0 Å². The summed E-state index contributed by atoms with van der Waals surface area (Å²) in [5.74, 6) is 0.439. The second kappa shape index (κ2) is 3.63. The molecule has 0 fully saturated rings. The largest absolute Gasteiger partial charge is 0.473 e. The van der Waals surface area contributed by atoms with Gasteiger partial charge in [0.25, 0.3) is 0 Å². The fourth-order valence-electron chi connectivity index (χ4n) is 0.764. The van der Waals surface area contributed by atoms with Crippen molar-refractivity contribution in [3.63, 3.8) is 0 Å². The van der Waals surface area contributed by atoms with Gasteiger partial charge in [-0.1, -0.05) is 11.6 Å². The minimum Gasteiger partial charge on any atom is -0.473 e. The zero-order valence-electron chi connectivity index (χ0n) is 7.04. The lowest BCUT2D eigenvalue weighted by Gasteiger charge is -2.10. The molecular formula is C8H11ClN2O. The van der Waals surface area contributed by atoms with Crippen LogP contribution in [-0.4, -0.2) is 11.1 Å². The Bertz CT molecular complexity index is 276. The van der Waals surface area contributed by atoms with Gasteiger partial charge >= 0.3 is 0 Å². The Labute approximate surface area is 76.5 Å². The average molecular weight is 187 g/mol. The first kappa shape index (κ1) is 9.13. The van der Waals surface area contributed by atoms with Gasteiger partial charge in [-0.3, -0.25) is 0 Å². The highest BCUT2D eigenvalue weighted by Gasteiger charge is 2.04. The number of hydrogen-bond donors (Lipinski definition) is 1. The molecule has 0 spiro atoms. The standard InChI is InChI=1S/C8H11ClN2O/c1-5(2)12-8-7(10)3-6(9)4-11-8/h3-5H,10H2,1-2H3. The molecule has 0 unspecified atom stereocenters. The summed E-state index contributed by atoms with van der Waals surface area (Å²) in [7, 11) is 0. The Hall–Kier alpha value is -0.960. The van der Waals surface area contributed by atoms with E-state index < -0.39 is 0 Å². The lowest BCUT2D eigenvalue weighted by molar-refractivity contribution is 0.234. The molecule has 1 aromatic rings. The van der Waals surface area contributed by atoms with Crippen molar-refractivity contribution < 1.29 is 4.74 Å². The molecule has 0 amide bonds. The van der Waals surface area contributed by atoms with Crippen LogP contribution < -0.4 is 10.5 Å². The van der Waals surface area contributed by atoms with Gasteiger partial charge in [-0.2, -0.15) is 0 Å². The Morgan fingerprint density at radius 1 is 1.58 bits per heavy atom. The van der Waals surface area contributed by atoms with E-state index in [0.29, 0.717) is 16.6 Å². The maximum atomic E-state index is 5.66. The van der Waals surface area contributed by atoms with E-state index in [1.54, 1.807) is 6.07 Å². The van der Waals surface area contributed by atoms with Crippen LogP contribution in [-0.2, 0) is 0 Å². The van der Waals surface area contributed by atoms with Crippen molar-refractivity contribution in [2.24, 2.45) is 0 Å². The van der Waals surface area contributed by atoms with Crippen LogP contribution in [0.5, 0.6) is 5.88 Å². The Kier molecular flexibility index (Phi) is 2.76. The van der Waals surface area contributed by atoms with Crippen LogP contribution in [0.1, 0.15) is 13.8 Å². The van der Waals surface area contributed by atoms with Crippen molar-refractivity contribution in [1.82, 2.24) is 4.98 Å². The quantitative estimate of drug-likeness (QED) is 0.770. The highest BCUT2D eigenvalue weighted by Crippen LogP contribution is 2.22. The summed E-state index contributed by atoms with van der Waals surface area (Å²) >= 11 is 5.66. The van der Waals surface area contributed by atoms with Gasteiger partial charge in [-0.15, -0.1) is 0 Å². The number of anilines is 1. The number of hydrogen-bond acceptors (Lipinski definition) is 3. The highest BCUT2D eigenvalue weighted by molar-refractivity contribution is 6.30. The van der Waals surface area contributed by atoms with Gasteiger partial charge in [0, 0.05) is 6.20 Å². The fraction of sp³-hybridized carbons (Fsp3) is 0.375. The molecule has 0 aliphatic carbocycles. The minimum atomic E-state index is 0.0703. The summed E-state index contributed by atoms with van der Waals surface area (Å²) in [6, 6.07) is 1.62. The van der Waals surface area contributed by atoms with Crippen molar-refractivity contribution in [3.8, 4) is 5.88 Å². The Morgan fingerprint density at radius 2 is 2.25 bits per heavy atom. The molecule has 4 heteroatoms. The molecule has 12 heavy (non-hydrogen) atoms. The first-order valence-corrected chi connectivity index (χ1v) is 4.05. The minimum absolute atomic E-state index is 0.0703. The average Bonchev–Trinajstić information content (AvgIpc) is 1.94. The van der Waals surface area contributed by atoms with Crippen LogP contribution in [0.15, 0.2) is 12.3 Å². The molecule has 0 saturated carbocycles. The number of halogens is 1. The van der Waals surface area contributed by atoms with E-state index in [9.17, 15) is 0 Å². The van der Waals surface area contributed by atoms with E-state index in [1.807, 2.05) is 13.8 Å². The van der Waals surface area contributed by atoms with Crippen molar-refractivity contribution in [2.45, 2.75) is 20.0 Å². The SMILES string of the molecule is CC(C)Oc1ncc(Cl)cc1N. The normalized spacial score (nSPS) is 10.3. The maximum absolute atomic E-state index is 5.66. The summed E-state index contributed by atoms with van der Waals surface area (Å²) in [5.41, 5.74) is 6.07. The molecule has 2 N–H and O–H groups in total. The highest BCUT2D eigenvalue weighted by atomic mass is 35.5. The van der Waals surface area contributed by atoms with Crippen LogP contribution in [0.4, 0.5) is 5.69 Å². The van der Waals surface area contributed by atoms with Crippen LogP contribution in [0.2, 0.25) is 5.02 Å². The monoisotopic (exact) mass is 186 g/mol. The van der Waals surface area contributed by atoms with Gasteiger partial charge < -0.3 is 10.5 Å². The predicted molar refractivity (Wildman–Crippen MR) is 49.4 cm³/mol. The third kappa shape index (κ3) is 2.27. The summed E-state index contributed by atoms with van der Waals surface area (Å²) in [4.78, 5) is 3.94. The predicted octanol–water partition coefficient (Wildman–Crippen LogP) is 2.10. The molecule has 66 valence electrons. The molecule has 1 rings (SSSR count). The molecule has 0 saturated heterocycles. The number of pyridine rings is 1. The molecule has 0 atom stereocenters. The van der Waals surface area contributed by atoms with Gasteiger partial charge in [0.1, 0.15) is 0 Å². The first-order chi connectivity index (χ1) is 5.59. The zero-order chi connectivity index (χ0) is 9.14. The zero-order valence-corrected chi connectivity index (χ0v) is 7.80. The van der Waals surface area contributed by atoms with Crippen molar-refractivity contribution >= 4 is 17.3 Å². The molecular weight excluding hydrogens is 176 g/mol. The first-order valence-electron chi connectivity index (χ1n) is 3.67. The number of nitrogens with zero attached hydrogens (tertiary/aromatic N) is 1. The van der Waals surface area contributed by atoms with Crippen molar-refractivity contribution in [1.29, 1.82) is 0 Å². The van der Waals surface area contributed by atoms with Crippen LogP contribution in [0.3, 0.4) is 0 Å². The lowest BCUT2D eigenvalue weighted by Crippen LogP contribution is -2.08. The van der Waals surface area contributed by atoms with Crippen molar-refractivity contribution in [3.05, 3.63) is 17.3 Å². The van der Waals surface area contributed by atoms with E-state index in [1.165, 1.54) is 6.20 Å². The van der Waals surface area contributed by atoms with Crippen molar-refractivity contribution in [2.75, 3.05) is 5.73 Å². The van der Waals surface area contributed by atoms with E-state index >= 15 is 0 Å². The molecule has 0 aliphatic rings. The number of aromatic nitrogens is 1. The number of ether oxygens (including phenoxy) is 1. The van der Waals surface area contributed by atoms with Gasteiger partial charge in [0.2, 0.25) is 5.88 Å². The van der Waals surface area contributed by atoms with Crippen LogP contribution in [0.25, 0.3) is 0 Å². The molecule has 1 heterocycles. The summed E-state index contributed by atoms with van der Waals surface area (Å²) < 4.78 is 5.31. The topological polar surface area (TPSA) is 48.1 Å².